The zero-order valence-electron chi connectivity index (χ0n) is 23.9. The first-order chi connectivity index (χ1) is 19.0. The van der Waals surface area contributed by atoms with Gasteiger partial charge in [0, 0.05) is 44.1 Å². The molecular formula is C31H46N2O7. The van der Waals surface area contributed by atoms with Gasteiger partial charge < -0.3 is 29.8 Å². The first-order valence-electron chi connectivity index (χ1n) is 15.4. The fourth-order valence-electron chi connectivity index (χ4n) is 9.91. The van der Waals surface area contributed by atoms with Crippen molar-refractivity contribution >= 4 is 6.09 Å². The first-order valence-corrected chi connectivity index (χ1v) is 15.4. The molecule has 9 nitrogen and oxygen atoms in total. The average Bonchev–Trinajstić information content (AvgIpc) is 3.45. The smallest absolute Gasteiger partial charge is 0.407 e. The Bertz CT molecular complexity index is 1150. The number of aliphatic hydroxyl groups is 3. The average molecular weight is 559 g/mol. The number of carbonyl (C=O) groups excluding carboxylic acids is 1. The molecule has 1 aromatic rings. The lowest BCUT2D eigenvalue weighted by Crippen LogP contribution is -2.67. The standard InChI is InChI=1S/C31H46N2O7/c1-28-10-5-22(40-27(36)32-14-16-33-15-9-21(34)18-33)17-30(28,37)12-7-25-24(28)6-11-29(2)23(8-13-31(25,29)38)20-3-4-26(35)39-19-20/h3-4,19,21-25,34,37-38H,5-18H2,1-2H3,(H,32,36)/t21-,22-,23+,24-,25+,28+,29+,30-,31-/m0/s1. The van der Waals surface area contributed by atoms with Crippen molar-refractivity contribution in [1.29, 1.82) is 0 Å². The molecule has 0 spiro atoms. The molecule has 4 N–H and O–H groups in total. The third kappa shape index (κ3) is 4.43. The van der Waals surface area contributed by atoms with E-state index in [1.165, 1.54) is 6.07 Å². The molecule has 0 bridgehead atoms. The van der Waals surface area contributed by atoms with Crippen LogP contribution < -0.4 is 10.9 Å². The van der Waals surface area contributed by atoms with Crippen molar-refractivity contribution in [2.24, 2.45) is 22.7 Å². The van der Waals surface area contributed by atoms with E-state index in [1.54, 1.807) is 6.26 Å². The van der Waals surface area contributed by atoms with Gasteiger partial charge in [0.2, 0.25) is 0 Å². The van der Waals surface area contributed by atoms with Crippen molar-refractivity contribution in [1.82, 2.24) is 10.2 Å². The van der Waals surface area contributed by atoms with Crippen molar-refractivity contribution in [2.75, 3.05) is 26.2 Å². The molecule has 5 fully saturated rings. The van der Waals surface area contributed by atoms with Gasteiger partial charge in [-0.15, -0.1) is 0 Å². The summed E-state index contributed by atoms with van der Waals surface area (Å²) in [5, 5.41) is 37.0. The zero-order valence-corrected chi connectivity index (χ0v) is 23.9. The SMILES string of the molecule is C[C@]12CC[C@H](OC(=O)NCCN3CC[C@H](O)C3)C[C@@]1(O)CC[C@@H]1[C@@H]2CC[C@]2(C)[C@@H](c3ccc(=O)oc3)CC[C@]12O. The minimum absolute atomic E-state index is 0.0992. The Kier molecular flexibility index (Phi) is 7.12. The van der Waals surface area contributed by atoms with Crippen molar-refractivity contribution in [3.8, 4) is 0 Å². The van der Waals surface area contributed by atoms with Gasteiger partial charge in [-0.2, -0.15) is 0 Å². The van der Waals surface area contributed by atoms with Gasteiger partial charge in [-0.1, -0.05) is 13.8 Å². The van der Waals surface area contributed by atoms with E-state index in [-0.39, 0.29) is 46.4 Å². The quantitative estimate of drug-likeness (QED) is 0.433. The second-order valence-electron chi connectivity index (χ2n) is 14.0. The van der Waals surface area contributed by atoms with Crippen molar-refractivity contribution in [3.05, 3.63) is 34.4 Å². The summed E-state index contributed by atoms with van der Waals surface area (Å²) in [4.78, 5) is 26.2. The molecule has 5 aliphatic rings. The molecule has 4 aliphatic carbocycles. The van der Waals surface area contributed by atoms with E-state index in [0.29, 0.717) is 45.3 Å². The van der Waals surface area contributed by atoms with E-state index in [4.69, 9.17) is 9.15 Å². The summed E-state index contributed by atoms with van der Waals surface area (Å²) in [5.41, 5.74) is -1.80. The highest BCUT2D eigenvalue weighted by atomic mass is 16.6. The van der Waals surface area contributed by atoms with E-state index >= 15 is 0 Å². The first kappa shape index (κ1) is 28.2. The predicted octanol–water partition coefficient (Wildman–Crippen LogP) is 3.16. The lowest BCUT2D eigenvalue weighted by atomic mass is 9.42. The minimum atomic E-state index is -0.937. The van der Waals surface area contributed by atoms with Crippen LogP contribution in [-0.4, -0.2) is 75.9 Å². The summed E-state index contributed by atoms with van der Waals surface area (Å²) < 4.78 is 11.0. The van der Waals surface area contributed by atoms with E-state index in [1.807, 2.05) is 6.07 Å². The van der Waals surface area contributed by atoms with E-state index in [2.05, 4.69) is 24.1 Å². The van der Waals surface area contributed by atoms with Gasteiger partial charge in [0.1, 0.15) is 6.10 Å². The monoisotopic (exact) mass is 558 g/mol. The number of hydrogen-bond acceptors (Lipinski definition) is 8. The van der Waals surface area contributed by atoms with Gasteiger partial charge in [0.15, 0.2) is 0 Å². The zero-order chi connectivity index (χ0) is 28.3. The second kappa shape index (κ2) is 10.1. The fourth-order valence-corrected chi connectivity index (χ4v) is 9.91. The molecule has 6 rings (SSSR count). The van der Waals surface area contributed by atoms with Gasteiger partial charge in [0.25, 0.3) is 0 Å². The molecule has 1 aromatic heterocycles. The van der Waals surface area contributed by atoms with E-state index in [9.17, 15) is 24.9 Å². The number of amides is 1. The van der Waals surface area contributed by atoms with Crippen molar-refractivity contribution in [3.63, 3.8) is 0 Å². The molecule has 222 valence electrons. The molecule has 2 heterocycles. The summed E-state index contributed by atoms with van der Waals surface area (Å²) in [5.74, 6) is 0.430. The number of β-amino-alcohol motifs (C(OH)–C–C–N with tert-alkyl or cyclic N) is 1. The summed E-state index contributed by atoms with van der Waals surface area (Å²) in [7, 11) is 0. The van der Waals surface area contributed by atoms with Crippen LogP contribution in [0.4, 0.5) is 4.79 Å². The Morgan fingerprint density at radius 2 is 1.82 bits per heavy atom. The molecule has 0 radical (unpaired) electrons. The Labute approximate surface area is 236 Å². The molecule has 1 amide bonds. The van der Waals surface area contributed by atoms with Gasteiger partial charge in [-0.25, -0.2) is 9.59 Å². The third-order valence-corrected chi connectivity index (χ3v) is 12.3. The topological polar surface area (TPSA) is 132 Å². The van der Waals surface area contributed by atoms with E-state index < -0.39 is 17.3 Å². The maximum Gasteiger partial charge on any atom is 0.407 e. The number of nitrogens with zero attached hydrogens (tertiary/aromatic N) is 1. The van der Waals surface area contributed by atoms with Crippen molar-refractivity contribution < 1.29 is 29.3 Å². The number of hydrogen-bond donors (Lipinski definition) is 4. The summed E-state index contributed by atoms with van der Waals surface area (Å²) in [6, 6.07) is 3.33. The molecule has 0 aromatic carbocycles. The normalized spacial score (nSPS) is 44.9. The maximum atomic E-state index is 12.6. The van der Waals surface area contributed by atoms with Crippen LogP contribution in [0.25, 0.3) is 0 Å². The number of alkyl carbamates (subject to hydrolysis) is 1. The lowest BCUT2D eigenvalue weighted by Gasteiger charge is -2.66. The number of likely N-dealkylation sites (tertiary alicyclic amines) is 1. The number of rotatable bonds is 5. The molecule has 40 heavy (non-hydrogen) atoms. The maximum absolute atomic E-state index is 12.6. The molecular weight excluding hydrogens is 512 g/mol. The van der Waals surface area contributed by atoms with Crippen LogP contribution >= 0.6 is 0 Å². The predicted molar refractivity (Wildman–Crippen MR) is 148 cm³/mol. The Morgan fingerprint density at radius 3 is 2.55 bits per heavy atom. The third-order valence-electron chi connectivity index (χ3n) is 12.3. The van der Waals surface area contributed by atoms with Crippen LogP contribution in [0.5, 0.6) is 0 Å². The summed E-state index contributed by atoms with van der Waals surface area (Å²) in [6.07, 6.45) is 7.89. The lowest BCUT2D eigenvalue weighted by molar-refractivity contribution is -0.253. The minimum Gasteiger partial charge on any atom is -0.446 e. The fraction of sp³-hybridized carbons (Fsp3) is 0.806. The largest absolute Gasteiger partial charge is 0.446 e. The van der Waals surface area contributed by atoms with Gasteiger partial charge in [-0.3, -0.25) is 4.90 Å². The van der Waals surface area contributed by atoms with Crippen LogP contribution in [0.15, 0.2) is 27.6 Å². The molecule has 1 saturated heterocycles. The van der Waals surface area contributed by atoms with E-state index in [0.717, 1.165) is 50.6 Å². The number of fused-ring (bicyclic) bond motifs is 5. The number of ether oxygens (including phenoxy) is 1. The Hall–Kier alpha value is -1.94. The number of carbonyl (C=O) groups is 1. The van der Waals surface area contributed by atoms with Gasteiger partial charge in [-0.05, 0) is 92.6 Å². The summed E-state index contributed by atoms with van der Waals surface area (Å²) in [6.45, 7) is 7.06. The van der Waals surface area contributed by atoms with Crippen LogP contribution in [-0.2, 0) is 4.74 Å². The van der Waals surface area contributed by atoms with Crippen molar-refractivity contribution in [2.45, 2.75) is 107 Å². The van der Waals surface area contributed by atoms with Crippen LogP contribution in [0.2, 0.25) is 0 Å². The second-order valence-corrected chi connectivity index (χ2v) is 14.0. The number of aliphatic hydroxyl groups excluding tert-OH is 1. The van der Waals surface area contributed by atoms with Gasteiger partial charge in [0.05, 0.1) is 23.6 Å². The Morgan fingerprint density at radius 1 is 1.05 bits per heavy atom. The highest BCUT2D eigenvalue weighted by Crippen LogP contribution is 2.71. The Balaban J connectivity index is 1.11. The molecule has 1 aliphatic heterocycles. The summed E-state index contributed by atoms with van der Waals surface area (Å²) >= 11 is 0. The number of nitrogens with one attached hydrogen (secondary N) is 1. The molecule has 9 heteroatoms. The highest BCUT2D eigenvalue weighted by Gasteiger charge is 2.70. The van der Waals surface area contributed by atoms with Crippen LogP contribution in [0, 0.1) is 22.7 Å². The highest BCUT2D eigenvalue weighted by molar-refractivity contribution is 5.67. The molecule has 0 unspecified atom stereocenters. The van der Waals surface area contributed by atoms with Gasteiger partial charge >= 0.3 is 11.7 Å². The van der Waals surface area contributed by atoms with Crippen LogP contribution in [0.3, 0.4) is 0 Å². The molecule has 9 atom stereocenters. The molecule has 4 saturated carbocycles. The van der Waals surface area contributed by atoms with Crippen LogP contribution in [0.1, 0.15) is 89.5 Å².